The van der Waals surface area contributed by atoms with Gasteiger partial charge in [-0.1, -0.05) is 25.0 Å². The van der Waals surface area contributed by atoms with E-state index >= 15 is 0 Å². The van der Waals surface area contributed by atoms with E-state index in [0.717, 1.165) is 31.9 Å². The zero-order valence-electron chi connectivity index (χ0n) is 14.5. The van der Waals surface area contributed by atoms with Crippen molar-refractivity contribution in [2.75, 3.05) is 24.7 Å². The molecule has 0 aliphatic heterocycles. The Kier molecular flexibility index (Phi) is 6.55. The molecule has 1 N–H and O–H groups in total. The SMILES string of the molecule is CCOC(=O)c1ccccc1NC(=O)CN(C1CCCC1)S(C)(=O)=O. The Morgan fingerprint density at radius 1 is 1.24 bits per heavy atom. The van der Waals surface area contributed by atoms with Crippen LogP contribution in [-0.2, 0) is 19.6 Å². The first-order chi connectivity index (χ1) is 11.8. The Bertz CT molecular complexity index is 726. The molecule has 1 amide bonds. The van der Waals surface area contributed by atoms with Gasteiger partial charge in [0.05, 0.1) is 30.7 Å². The largest absolute Gasteiger partial charge is 0.462 e. The molecule has 0 spiro atoms. The Hall–Kier alpha value is -1.93. The minimum absolute atomic E-state index is 0.138. The summed E-state index contributed by atoms with van der Waals surface area (Å²) in [4.78, 5) is 24.3. The maximum atomic E-state index is 12.4. The number of benzene rings is 1. The first-order valence-corrected chi connectivity index (χ1v) is 10.2. The lowest BCUT2D eigenvalue weighted by molar-refractivity contribution is -0.116. The van der Waals surface area contributed by atoms with Crippen LogP contribution in [0.4, 0.5) is 5.69 Å². The molecule has 25 heavy (non-hydrogen) atoms. The van der Waals surface area contributed by atoms with E-state index < -0.39 is 21.9 Å². The second kappa shape index (κ2) is 8.44. The summed E-state index contributed by atoms with van der Waals surface area (Å²) >= 11 is 0. The summed E-state index contributed by atoms with van der Waals surface area (Å²) in [6.07, 6.45) is 4.57. The number of ether oxygens (including phenoxy) is 1. The second-order valence-corrected chi connectivity index (χ2v) is 8.00. The van der Waals surface area contributed by atoms with Crippen molar-refractivity contribution in [2.45, 2.75) is 38.6 Å². The minimum Gasteiger partial charge on any atom is -0.462 e. The Morgan fingerprint density at radius 3 is 2.48 bits per heavy atom. The van der Waals surface area contributed by atoms with Crippen molar-refractivity contribution in [1.82, 2.24) is 4.31 Å². The van der Waals surface area contributed by atoms with Gasteiger partial charge in [0.2, 0.25) is 15.9 Å². The van der Waals surface area contributed by atoms with Crippen molar-refractivity contribution >= 4 is 27.6 Å². The molecule has 0 saturated heterocycles. The zero-order chi connectivity index (χ0) is 18.4. The van der Waals surface area contributed by atoms with Crippen LogP contribution in [0, 0.1) is 0 Å². The predicted molar refractivity (Wildman–Crippen MR) is 94.8 cm³/mol. The van der Waals surface area contributed by atoms with Gasteiger partial charge in [-0.05, 0) is 31.9 Å². The van der Waals surface area contributed by atoms with Crippen LogP contribution in [0.2, 0.25) is 0 Å². The summed E-state index contributed by atoms with van der Waals surface area (Å²) in [5.74, 6) is -1.01. The molecule has 0 radical (unpaired) electrons. The first kappa shape index (κ1) is 19.4. The van der Waals surface area contributed by atoms with E-state index in [0.29, 0.717) is 5.69 Å². The molecular formula is C17H24N2O5S. The van der Waals surface area contributed by atoms with E-state index in [1.54, 1.807) is 31.2 Å². The average Bonchev–Trinajstić information content (AvgIpc) is 3.06. The van der Waals surface area contributed by atoms with Gasteiger partial charge in [-0.2, -0.15) is 4.31 Å². The van der Waals surface area contributed by atoms with E-state index in [2.05, 4.69) is 5.32 Å². The summed E-state index contributed by atoms with van der Waals surface area (Å²) in [5, 5.41) is 2.63. The molecule has 1 aromatic carbocycles. The average molecular weight is 368 g/mol. The van der Waals surface area contributed by atoms with Gasteiger partial charge in [-0.25, -0.2) is 13.2 Å². The fourth-order valence-corrected chi connectivity index (χ4v) is 4.12. The molecule has 1 fully saturated rings. The smallest absolute Gasteiger partial charge is 0.340 e. The molecule has 1 aliphatic carbocycles. The number of carbonyl (C=O) groups is 2. The molecule has 1 aromatic rings. The van der Waals surface area contributed by atoms with Gasteiger partial charge in [0, 0.05) is 6.04 Å². The third-order valence-electron chi connectivity index (χ3n) is 4.15. The van der Waals surface area contributed by atoms with E-state index in [-0.39, 0.29) is 24.8 Å². The van der Waals surface area contributed by atoms with Crippen LogP contribution in [0.15, 0.2) is 24.3 Å². The molecule has 1 saturated carbocycles. The number of nitrogens with zero attached hydrogens (tertiary/aromatic N) is 1. The van der Waals surface area contributed by atoms with Crippen molar-refractivity contribution in [3.8, 4) is 0 Å². The van der Waals surface area contributed by atoms with Crippen molar-refractivity contribution in [3.63, 3.8) is 0 Å². The van der Waals surface area contributed by atoms with E-state index in [1.807, 2.05) is 0 Å². The zero-order valence-corrected chi connectivity index (χ0v) is 15.3. The molecule has 7 nitrogen and oxygen atoms in total. The maximum Gasteiger partial charge on any atom is 0.340 e. The third kappa shape index (κ3) is 5.27. The number of hydrogen-bond donors (Lipinski definition) is 1. The molecule has 1 aliphatic rings. The Balaban J connectivity index is 2.12. The lowest BCUT2D eigenvalue weighted by Gasteiger charge is -2.25. The number of carbonyl (C=O) groups excluding carboxylic acids is 2. The number of sulfonamides is 1. The highest BCUT2D eigenvalue weighted by Gasteiger charge is 2.31. The van der Waals surface area contributed by atoms with Crippen LogP contribution in [-0.4, -0.2) is 50.0 Å². The number of nitrogens with one attached hydrogen (secondary N) is 1. The lowest BCUT2D eigenvalue weighted by atomic mass is 10.2. The van der Waals surface area contributed by atoms with Gasteiger partial charge >= 0.3 is 5.97 Å². The molecule has 8 heteroatoms. The van der Waals surface area contributed by atoms with Gasteiger partial charge in [0.1, 0.15) is 0 Å². The quantitative estimate of drug-likeness (QED) is 0.743. The first-order valence-electron chi connectivity index (χ1n) is 8.35. The molecule has 0 atom stereocenters. The van der Waals surface area contributed by atoms with E-state index in [9.17, 15) is 18.0 Å². The minimum atomic E-state index is -3.49. The Morgan fingerprint density at radius 2 is 1.88 bits per heavy atom. The van der Waals surface area contributed by atoms with Crippen LogP contribution < -0.4 is 5.32 Å². The van der Waals surface area contributed by atoms with Crippen molar-refractivity contribution in [3.05, 3.63) is 29.8 Å². The summed E-state index contributed by atoms with van der Waals surface area (Å²) in [7, 11) is -3.49. The molecule has 2 rings (SSSR count). The highest BCUT2D eigenvalue weighted by Crippen LogP contribution is 2.25. The lowest BCUT2D eigenvalue weighted by Crippen LogP contribution is -2.43. The molecule has 0 heterocycles. The monoisotopic (exact) mass is 368 g/mol. The summed E-state index contributed by atoms with van der Waals surface area (Å²) in [6, 6.07) is 6.36. The van der Waals surface area contributed by atoms with Gasteiger partial charge in [0.15, 0.2) is 0 Å². The topological polar surface area (TPSA) is 92.8 Å². The van der Waals surface area contributed by atoms with Crippen LogP contribution in [0.1, 0.15) is 43.0 Å². The van der Waals surface area contributed by atoms with Gasteiger partial charge in [-0.15, -0.1) is 0 Å². The third-order valence-corrected chi connectivity index (χ3v) is 5.43. The van der Waals surface area contributed by atoms with Gasteiger partial charge in [0.25, 0.3) is 0 Å². The number of para-hydroxylation sites is 1. The van der Waals surface area contributed by atoms with Crippen LogP contribution >= 0.6 is 0 Å². The van der Waals surface area contributed by atoms with Crippen molar-refractivity contribution in [1.29, 1.82) is 0 Å². The van der Waals surface area contributed by atoms with Crippen molar-refractivity contribution in [2.24, 2.45) is 0 Å². The number of esters is 1. The highest BCUT2D eigenvalue weighted by molar-refractivity contribution is 7.88. The standard InChI is InChI=1S/C17H24N2O5S/c1-3-24-17(21)14-10-6-7-11-15(14)18-16(20)12-19(25(2,22)23)13-8-4-5-9-13/h6-7,10-11,13H,3-5,8-9,12H2,1-2H3,(H,18,20). The van der Waals surface area contributed by atoms with E-state index in [1.165, 1.54) is 4.31 Å². The van der Waals surface area contributed by atoms with Crippen LogP contribution in [0.5, 0.6) is 0 Å². The van der Waals surface area contributed by atoms with Crippen LogP contribution in [0.3, 0.4) is 0 Å². The van der Waals surface area contributed by atoms with Gasteiger partial charge < -0.3 is 10.1 Å². The normalized spacial score (nSPS) is 15.3. The van der Waals surface area contributed by atoms with Gasteiger partial charge in [-0.3, -0.25) is 4.79 Å². The predicted octanol–water partition coefficient (Wildman–Crippen LogP) is 2.01. The molecule has 0 unspecified atom stereocenters. The summed E-state index contributed by atoms with van der Waals surface area (Å²) in [5.41, 5.74) is 0.551. The summed E-state index contributed by atoms with van der Waals surface area (Å²) in [6.45, 7) is 1.66. The van der Waals surface area contributed by atoms with Crippen LogP contribution in [0.25, 0.3) is 0 Å². The number of anilines is 1. The maximum absolute atomic E-state index is 12.4. The molecular weight excluding hydrogens is 344 g/mol. The second-order valence-electron chi connectivity index (χ2n) is 6.06. The number of rotatable bonds is 7. The fraction of sp³-hybridized carbons (Fsp3) is 0.529. The van der Waals surface area contributed by atoms with E-state index in [4.69, 9.17) is 4.74 Å². The summed E-state index contributed by atoms with van der Waals surface area (Å²) < 4.78 is 30.3. The fourth-order valence-electron chi connectivity index (χ4n) is 3.02. The highest BCUT2D eigenvalue weighted by atomic mass is 32.2. The molecule has 0 aromatic heterocycles. The molecule has 0 bridgehead atoms. The number of amides is 1. The van der Waals surface area contributed by atoms with Crippen molar-refractivity contribution < 1.29 is 22.7 Å². The number of hydrogen-bond acceptors (Lipinski definition) is 5. The Labute approximate surface area is 148 Å². The molecule has 138 valence electrons.